The van der Waals surface area contributed by atoms with Crippen molar-refractivity contribution in [2.75, 3.05) is 13.7 Å². The van der Waals surface area contributed by atoms with E-state index in [0.29, 0.717) is 5.92 Å². The summed E-state index contributed by atoms with van der Waals surface area (Å²) in [6.45, 7) is 7.08. The van der Waals surface area contributed by atoms with Gasteiger partial charge in [-0.15, -0.1) is 0 Å². The van der Waals surface area contributed by atoms with Crippen LogP contribution < -0.4 is 10.2 Å². The van der Waals surface area contributed by atoms with Crippen LogP contribution in [0.25, 0.3) is 0 Å². The molecule has 0 amide bonds. The van der Waals surface area contributed by atoms with Gasteiger partial charge in [0, 0.05) is 0 Å². The third kappa shape index (κ3) is 4.21. The van der Waals surface area contributed by atoms with Gasteiger partial charge in [-0.3, -0.25) is 0 Å². The Bertz CT molecular complexity index is 295. The molecule has 3 heteroatoms. The summed E-state index contributed by atoms with van der Waals surface area (Å²) in [5.74, 6) is 1.47. The number of ether oxygens (including phenoxy) is 1. The van der Waals surface area contributed by atoms with Crippen molar-refractivity contribution in [2.24, 2.45) is 5.92 Å². The van der Waals surface area contributed by atoms with E-state index in [1.807, 2.05) is 31.2 Å². The molecule has 0 aromatic heterocycles. The number of nitrogens with one attached hydrogen (secondary N) is 1. The minimum absolute atomic E-state index is 0.184. The Kier molecular flexibility index (Phi) is 5.29. The fraction of sp³-hybridized carbons (Fsp3) is 0.538. The Morgan fingerprint density at radius 2 is 1.75 bits per heavy atom. The predicted octanol–water partition coefficient (Wildman–Crippen LogP) is 2.93. The lowest BCUT2D eigenvalue weighted by Crippen LogP contribution is -2.16. The predicted molar refractivity (Wildman–Crippen MR) is 65.3 cm³/mol. The van der Waals surface area contributed by atoms with Crippen molar-refractivity contribution in [1.29, 1.82) is 0 Å². The van der Waals surface area contributed by atoms with E-state index in [2.05, 4.69) is 19.3 Å². The highest BCUT2D eigenvalue weighted by molar-refractivity contribution is 5.28. The molecule has 1 rings (SSSR count). The lowest BCUT2D eigenvalue weighted by molar-refractivity contribution is 0.0658. The molecular weight excluding hydrogens is 202 g/mol. The molecule has 0 spiro atoms. The monoisotopic (exact) mass is 223 g/mol. The summed E-state index contributed by atoms with van der Waals surface area (Å²) < 4.78 is 5.61. The minimum Gasteiger partial charge on any atom is -0.493 e. The number of rotatable bonds is 6. The van der Waals surface area contributed by atoms with Crippen LogP contribution in [0.1, 0.15) is 32.4 Å². The first kappa shape index (κ1) is 13.0. The Morgan fingerprint density at radius 1 is 1.12 bits per heavy atom. The number of hydroxylamine groups is 1. The van der Waals surface area contributed by atoms with E-state index in [-0.39, 0.29) is 6.04 Å². The normalized spacial score (nSPS) is 12.8. The van der Waals surface area contributed by atoms with Crippen molar-refractivity contribution >= 4 is 0 Å². The SMILES string of the molecule is CONC(C)c1ccc(OCC(C)C)cc1. The number of hydrogen-bond acceptors (Lipinski definition) is 3. The second kappa shape index (κ2) is 6.51. The fourth-order valence-corrected chi connectivity index (χ4v) is 1.36. The van der Waals surface area contributed by atoms with Crippen LogP contribution in [0, 0.1) is 5.92 Å². The van der Waals surface area contributed by atoms with Gasteiger partial charge in [-0.25, -0.2) is 0 Å². The fourth-order valence-electron chi connectivity index (χ4n) is 1.36. The number of hydrogen-bond donors (Lipinski definition) is 1. The van der Waals surface area contributed by atoms with Crippen molar-refractivity contribution in [3.8, 4) is 5.75 Å². The Balaban J connectivity index is 2.53. The van der Waals surface area contributed by atoms with Gasteiger partial charge >= 0.3 is 0 Å². The zero-order chi connectivity index (χ0) is 12.0. The molecule has 0 saturated heterocycles. The highest BCUT2D eigenvalue weighted by atomic mass is 16.6. The van der Waals surface area contributed by atoms with Gasteiger partial charge in [0.2, 0.25) is 0 Å². The third-order valence-corrected chi connectivity index (χ3v) is 2.26. The van der Waals surface area contributed by atoms with Crippen molar-refractivity contribution in [3.05, 3.63) is 29.8 Å². The second-order valence-corrected chi connectivity index (χ2v) is 4.32. The lowest BCUT2D eigenvalue weighted by Gasteiger charge is -2.13. The van der Waals surface area contributed by atoms with Gasteiger partial charge < -0.3 is 9.57 Å². The topological polar surface area (TPSA) is 30.5 Å². The molecule has 1 atom stereocenters. The second-order valence-electron chi connectivity index (χ2n) is 4.32. The maximum absolute atomic E-state index is 5.61. The van der Waals surface area contributed by atoms with Crippen molar-refractivity contribution in [3.63, 3.8) is 0 Å². The van der Waals surface area contributed by atoms with E-state index >= 15 is 0 Å². The molecule has 0 heterocycles. The van der Waals surface area contributed by atoms with E-state index in [9.17, 15) is 0 Å². The number of benzene rings is 1. The molecule has 16 heavy (non-hydrogen) atoms. The summed E-state index contributed by atoms with van der Waals surface area (Å²) in [7, 11) is 1.62. The van der Waals surface area contributed by atoms with Gasteiger partial charge in [0.1, 0.15) is 5.75 Å². The van der Waals surface area contributed by atoms with Crippen LogP contribution >= 0.6 is 0 Å². The molecule has 0 aliphatic heterocycles. The van der Waals surface area contributed by atoms with E-state index in [4.69, 9.17) is 9.57 Å². The van der Waals surface area contributed by atoms with E-state index in [1.165, 1.54) is 5.56 Å². The van der Waals surface area contributed by atoms with Gasteiger partial charge in [0.05, 0.1) is 19.8 Å². The molecule has 0 bridgehead atoms. The Morgan fingerprint density at radius 3 is 2.25 bits per heavy atom. The summed E-state index contributed by atoms with van der Waals surface area (Å²) in [5.41, 5.74) is 4.07. The van der Waals surface area contributed by atoms with Crippen LogP contribution in [0.4, 0.5) is 0 Å². The molecule has 90 valence electrons. The summed E-state index contributed by atoms with van der Waals surface area (Å²) >= 11 is 0. The Labute approximate surface area is 97.7 Å². The van der Waals surface area contributed by atoms with Gasteiger partial charge in [-0.05, 0) is 30.5 Å². The van der Waals surface area contributed by atoms with Crippen LogP contribution in [0.15, 0.2) is 24.3 Å². The first-order valence-corrected chi connectivity index (χ1v) is 5.64. The quantitative estimate of drug-likeness (QED) is 0.752. The molecule has 0 aliphatic carbocycles. The molecule has 1 aromatic carbocycles. The first-order valence-electron chi connectivity index (χ1n) is 5.64. The van der Waals surface area contributed by atoms with Crippen molar-refractivity contribution in [2.45, 2.75) is 26.8 Å². The maximum atomic E-state index is 5.61. The molecule has 1 aromatic rings. The van der Waals surface area contributed by atoms with Gasteiger partial charge in [0.15, 0.2) is 0 Å². The molecule has 3 nitrogen and oxygen atoms in total. The smallest absolute Gasteiger partial charge is 0.119 e. The van der Waals surface area contributed by atoms with Crippen LogP contribution in [-0.2, 0) is 4.84 Å². The van der Waals surface area contributed by atoms with Crippen molar-refractivity contribution in [1.82, 2.24) is 5.48 Å². The van der Waals surface area contributed by atoms with Crippen LogP contribution in [0.3, 0.4) is 0 Å². The van der Waals surface area contributed by atoms with Crippen LogP contribution in [0.2, 0.25) is 0 Å². The summed E-state index contributed by atoms with van der Waals surface area (Å²) in [5, 5.41) is 0. The maximum Gasteiger partial charge on any atom is 0.119 e. The lowest BCUT2D eigenvalue weighted by atomic mass is 10.1. The average Bonchev–Trinajstić information content (AvgIpc) is 2.27. The highest BCUT2D eigenvalue weighted by Gasteiger charge is 2.04. The molecular formula is C13H21NO2. The van der Waals surface area contributed by atoms with E-state index in [1.54, 1.807) is 7.11 Å². The van der Waals surface area contributed by atoms with Gasteiger partial charge in [-0.1, -0.05) is 26.0 Å². The third-order valence-electron chi connectivity index (χ3n) is 2.26. The molecule has 0 aliphatic rings. The van der Waals surface area contributed by atoms with E-state index in [0.717, 1.165) is 12.4 Å². The summed E-state index contributed by atoms with van der Waals surface area (Å²) in [6.07, 6.45) is 0. The van der Waals surface area contributed by atoms with Crippen LogP contribution in [-0.4, -0.2) is 13.7 Å². The van der Waals surface area contributed by atoms with Crippen LogP contribution in [0.5, 0.6) is 5.75 Å². The minimum atomic E-state index is 0.184. The highest BCUT2D eigenvalue weighted by Crippen LogP contribution is 2.17. The zero-order valence-electron chi connectivity index (χ0n) is 10.5. The first-order chi connectivity index (χ1) is 7.63. The molecule has 1 unspecified atom stereocenters. The van der Waals surface area contributed by atoms with Crippen molar-refractivity contribution < 1.29 is 9.57 Å². The van der Waals surface area contributed by atoms with E-state index < -0.39 is 0 Å². The molecule has 0 saturated carbocycles. The standard InChI is InChI=1S/C13H21NO2/c1-10(2)9-16-13-7-5-12(6-8-13)11(3)14-15-4/h5-8,10-11,14H,9H2,1-4H3. The largest absolute Gasteiger partial charge is 0.493 e. The average molecular weight is 223 g/mol. The molecule has 1 N–H and O–H groups in total. The van der Waals surface area contributed by atoms with Gasteiger partial charge in [0.25, 0.3) is 0 Å². The molecule has 0 fully saturated rings. The zero-order valence-corrected chi connectivity index (χ0v) is 10.5. The molecule has 0 radical (unpaired) electrons. The summed E-state index contributed by atoms with van der Waals surface area (Å²) in [4.78, 5) is 4.89. The van der Waals surface area contributed by atoms with Gasteiger partial charge in [-0.2, -0.15) is 5.48 Å². The Hall–Kier alpha value is -1.06. The summed E-state index contributed by atoms with van der Waals surface area (Å²) in [6, 6.07) is 8.26.